The molecule has 2 fully saturated rings. The van der Waals surface area contributed by atoms with Crippen LogP contribution in [0, 0.1) is 13.8 Å². The molecular formula is C32H45N5O3. The van der Waals surface area contributed by atoms with Crippen LogP contribution in [0.2, 0.25) is 0 Å². The molecule has 8 heteroatoms. The van der Waals surface area contributed by atoms with Crippen molar-refractivity contribution in [3.05, 3.63) is 65.2 Å². The molecule has 0 unspecified atom stereocenters. The summed E-state index contributed by atoms with van der Waals surface area (Å²) in [5, 5.41) is 8.92. The fraction of sp³-hybridized carbons (Fsp3) is 0.531. The van der Waals surface area contributed by atoms with E-state index in [1.54, 1.807) is 0 Å². The number of nitrogens with zero attached hydrogens (tertiary/aromatic N) is 2. The van der Waals surface area contributed by atoms with Crippen LogP contribution in [0.15, 0.2) is 48.5 Å². The number of nitrogens with one attached hydrogen (secondary N) is 3. The quantitative estimate of drug-likeness (QED) is 0.364. The molecule has 0 bridgehead atoms. The molecule has 2 heterocycles. The molecule has 2 aromatic rings. The number of piperidine rings is 1. The number of hydrogen-bond acceptors (Lipinski definition) is 4. The SMILES string of the molecule is CCCN1C(=O)[C@H](CCCCNC(=O)Nc2c(C)cccc2C)NC(=O)C12CCN(CCc1ccccc1)CC2. The van der Waals surface area contributed by atoms with E-state index >= 15 is 0 Å². The standard InChI is InChI=1S/C32H45N5O3/c1-4-20-37-29(38)27(15-8-9-19-33-31(40)35-28-24(2)11-10-12-25(28)3)34-30(39)32(37)17-22-36(23-18-32)21-16-26-13-6-5-7-14-26/h5-7,10-14,27H,4,8-9,15-23H2,1-3H3,(H,34,39)(H2,33,35,40)/t27-/m0/s1. The van der Waals surface area contributed by atoms with Gasteiger partial charge in [-0.15, -0.1) is 0 Å². The topological polar surface area (TPSA) is 93.8 Å². The second-order valence-electron chi connectivity index (χ2n) is 11.3. The molecule has 0 aliphatic carbocycles. The summed E-state index contributed by atoms with van der Waals surface area (Å²) in [5.41, 5.74) is 3.46. The summed E-state index contributed by atoms with van der Waals surface area (Å²) < 4.78 is 0. The van der Waals surface area contributed by atoms with Crippen molar-refractivity contribution < 1.29 is 14.4 Å². The number of unbranched alkanes of at least 4 members (excludes halogenated alkanes) is 1. The van der Waals surface area contributed by atoms with E-state index in [2.05, 4.69) is 52.0 Å². The summed E-state index contributed by atoms with van der Waals surface area (Å²) >= 11 is 0. The summed E-state index contributed by atoms with van der Waals surface area (Å²) in [7, 11) is 0. The Morgan fingerprint density at radius 1 is 0.975 bits per heavy atom. The van der Waals surface area contributed by atoms with Gasteiger partial charge in [-0.25, -0.2) is 4.79 Å². The van der Waals surface area contributed by atoms with Gasteiger partial charge in [-0.3, -0.25) is 9.59 Å². The average Bonchev–Trinajstić information content (AvgIpc) is 2.96. The Bertz CT molecular complexity index is 1140. The predicted octanol–water partition coefficient (Wildman–Crippen LogP) is 4.41. The van der Waals surface area contributed by atoms with E-state index < -0.39 is 11.6 Å². The van der Waals surface area contributed by atoms with E-state index in [0.717, 1.165) is 62.1 Å². The highest BCUT2D eigenvalue weighted by molar-refractivity contribution is 6.00. The molecule has 4 rings (SSSR count). The first-order valence-electron chi connectivity index (χ1n) is 14.8. The third-order valence-corrected chi connectivity index (χ3v) is 8.42. The van der Waals surface area contributed by atoms with Crippen LogP contribution in [-0.2, 0) is 16.0 Å². The Labute approximate surface area is 238 Å². The minimum Gasteiger partial charge on any atom is -0.342 e. The lowest BCUT2D eigenvalue weighted by atomic mass is 9.81. The fourth-order valence-electron chi connectivity index (χ4n) is 6.04. The summed E-state index contributed by atoms with van der Waals surface area (Å²) in [6.45, 7) is 9.70. The first-order chi connectivity index (χ1) is 19.3. The predicted molar refractivity (Wildman–Crippen MR) is 159 cm³/mol. The summed E-state index contributed by atoms with van der Waals surface area (Å²) in [6.07, 6.45) is 5.20. The van der Waals surface area contributed by atoms with Crippen LogP contribution in [0.5, 0.6) is 0 Å². The lowest BCUT2D eigenvalue weighted by Gasteiger charge is -2.51. The number of anilines is 1. The molecular weight excluding hydrogens is 502 g/mol. The normalized spacial score (nSPS) is 19.0. The van der Waals surface area contributed by atoms with Gasteiger partial charge in [-0.2, -0.15) is 0 Å². The lowest BCUT2D eigenvalue weighted by molar-refractivity contribution is -0.161. The molecule has 1 spiro atoms. The minimum absolute atomic E-state index is 0.000590. The van der Waals surface area contributed by atoms with Crippen molar-refractivity contribution >= 4 is 23.5 Å². The maximum atomic E-state index is 13.6. The zero-order valence-electron chi connectivity index (χ0n) is 24.3. The molecule has 3 N–H and O–H groups in total. The van der Waals surface area contributed by atoms with Gasteiger partial charge < -0.3 is 25.8 Å². The second-order valence-corrected chi connectivity index (χ2v) is 11.3. The van der Waals surface area contributed by atoms with Crippen LogP contribution in [0.1, 0.15) is 62.1 Å². The number of rotatable bonds is 11. The number of likely N-dealkylation sites (tertiary alicyclic amines) is 1. The molecule has 2 aliphatic heterocycles. The Hall–Kier alpha value is -3.39. The van der Waals surface area contributed by atoms with Crippen molar-refractivity contribution in [1.29, 1.82) is 0 Å². The van der Waals surface area contributed by atoms with E-state index in [4.69, 9.17) is 0 Å². The Morgan fingerprint density at radius 3 is 2.35 bits per heavy atom. The zero-order chi connectivity index (χ0) is 28.5. The third-order valence-electron chi connectivity index (χ3n) is 8.42. The fourth-order valence-corrected chi connectivity index (χ4v) is 6.04. The molecule has 0 radical (unpaired) electrons. The van der Waals surface area contributed by atoms with Gasteiger partial charge in [0.2, 0.25) is 11.8 Å². The van der Waals surface area contributed by atoms with Gasteiger partial charge in [0.25, 0.3) is 0 Å². The van der Waals surface area contributed by atoms with Crippen LogP contribution in [0.3, 0.4) is 0 Å². The van der Waals surface area contributed by atoms with Crippen LogP contribution in [0.25, 0.3) is 0 Å². The van der Waals surface area contributed by atoms with Crippen molar-refractivity contribution in [2.75, 3.05) is 38.0 Å². The molecule has 2 aromatic carbocycles. The van der Waals surface area contributed by atoms with Gasteiger partial charge in [0, 0.05) is 38.4 Å². The highest BCUT2D eigenvalue weighted by atomic mass is 16.2. The molecule has 8 nitrogen and oxygen atoms in total. The molecule has 40 heavy (non-hydrogen) atoms. The van der Waals surface area contributed by atoms with Crippen LogP contribution in [0.4, 0.5) is 10.5 Å². The molecule has 0 aromatic heterocycles. The zero-order valence-corrected chi connectivity index (χ0v) is 24.3. The molecule has 216 valence electrons. The molecule has 1 atom stereocenters. The van der Waals surface area contributed by atoms with Crippen LogP contribution < -0.4 is 16.0 Å². The van der Waals surface area contributed by atoms with E-state index in [1.807, 2.05) is 43.0 Å². The van der Waals surface area contributed by atoms with Gasteiger partial charge in [-0.05, 0) is 75.5 Å². The number of carbonyl (C=O) groups excluding carboxylic acids is 3. The average molecular weight is 548 g/mol. The van der Waals surface area contributed by atoms with Crippen LogP contribution in [-0.4, -0.2) is 71.9 Å². The van der Waals surface area contributed by atoms with Crippen LogP contribution >= 0.6 is 0 Å². The van der Waals surface area contributed by atoms with Gasteiger partial charge in [0.15, 0.2) is 0 Å². The Kier molecular flexibility index (Phi) is 10.2. The van der Waals surface area contributed by atoms with Gasteiger partial charge in [-0.1, -0.05) is 55.5 Å². The summed E-state index contributed by atoms with van der Waals surface area (Å²) in [6, 6.07) is 15.7. The number of aryl methyl sites for hydroxylation is 2. The first-order valence-corrected chi connectivity index (χ1v) is 14.8. The van der Waals surface area contributed by atoms with E-state index in [9.17, 15) is 14.4 Å². The number of hydrogen-bond donors (Lipinski definition) is 3. The van der Waals surface area contributed by atoms with Crippen molar-refractivity contribution in [1.82, 2.24) is 20.4 Å². The summed E-state index contributed by atoms with van der Waals surface area (Å²) in [4.78, 5) is 43.8. The molecule has 0 saturated carbocycles. The Morgan fingerprint density at radius 2 is 1.68 bits per heavy atom. The van der Waals surface area contributed by atoms with E-state index in [-0.39, 0.29) is 17.8 Å². The summed E-state index contributed by atoms with van der Waals surface area (Å²) in [5.74, 6) is 0.0410. The largest absolute Gasteiger partial charge is 0.342 e. The van der Waals surface area contributed by atoms with Crippen molar-refractivity contribution in [2.45, 2.75) is 77.3 Å². The van der Waals surface area contributed by atoms with Gasteiger partial charge in [0.05, 0.1) is 0 Å². The first kappa shape index (κ1) is 29.6. The van der Waals surface area contributed by atoms with Crippen molar-refractivity contribution in [3.8, 4) is 0 Å². The second kappa shape index (κ2) is 13.8. The molecule has 2 aliphatic rings. The van der Waals surface area contributed by atoms with E-state index in [1.165, 1.54) is 5.56 Å². The number of benzene rings is 2. The van der Waals surface area contributed by atoms with Crippen molar-refractivity contribution in [2.24, 2.45) is 0 Å². The maximum Gasteiger partial charge on any atom is 0.319 e. The monoisotopic (exact) mass is 547 g/mol. The lowest BCUT2D eigenvalue weighted by Crippen LogP contribution is -2.72. The van der Waals surface area contributed by atoms with Crippen molar-refractivity contribution in [3.63, 3.8) is 0 Å². The van der Waals surface area contributed by atoms with Gasteiger partial charge in [0.1, 0.15) is 11.6 Å². The number of amides is 4. The number of piperazine rings is 1. The number of carbonyl (C=O) groups is 3. The highest BCUT2D eigenvalue weighted by Gasteiger charge is 2.52. The molecule has 4 amide bonds. The van der Waals surface area contributed by atoms with E-state index in [0.29, 0.717) is 32.4 Å². The third kappa shape index (κ3) is 7.02. The van der Waals surface area contributed by atoms with Gasteiger partial charge >= 0.3 is 6.03 Å². The molecule has 2 saturated heterocycles. The highest BCUT2D eigenvalue weighted by Crippen LogP contribution is 2.34. The number of para-hydroxylation sites is 1. The number of urea groups is 1. The maximum absolute atomic E-state index is 13.6. The minimum atomic E-state index is -0.736. The Balaban J connectivity index is 1.24. The smallest absolute Gasteiger partial charge is 0.319 e.